The topological polar surface area (TPSA) is 108 Å². The smallest absolute Gasteiger partial charge is 0.254 e. The summed E-state index contributed by atoms with van der Waals surface area (Å²) in [4.78, 5) is 50.7. The largest absolute Gasteiger partial charge is 0.378 e. The molecule has 1 aliphatic heterocycles. The third-order valence-corrected chi connectivity index (χ3v) is 3.90. The normalized spacial score (nSPS) is 13.7. The van der Waals surface area contributed by atoms with Gasteiger partial charge in [0.05, 0.1) is 19.8 Å². The number of benzene rings is 1. The molecule has 2 rings (SSSR count). The summed E-state index contributed by atoms with van der Waals surface area (Å²) in [6.45, 7) is 4.61. The molecule has 9 nitrogen and oxygen atoms in total. The molecular weight excluding hydrogens is 352 g/mol. The number of likely N-dealkylation sites (N-methyl/N-ethyl adjacent to an activating group) is 1. The highest BCUT2D eigenvalue weighted by molar-refractivity contribution is 6.01. The van der Waals surface area contributed by atoms with Gasteiger partial charge >= 0.3 is 0 Å². The van der Waals surface area contributed by atoms with Gasteiger partial charge in [-0.1, -0.05) is 0 Å². The molecule has 1 heterocycles. The molecule has 9 heteroatoms. The van der Waals surface area contributed by atoms with Gasteiger partial charge in [-0.25, -0.2) is 0 Å². The maximum atomic E-state index is 12.7. The second-order valence-corrected chi connectivity index (χ2v) is 6.32. The van der Waals surface area contributed by atoms with Crippen LogP contribution in [0, 0.1) is 0 Å². The molecule has 146 valence electrons. The number of nitrogens with one attached hydrogen (secondary N) is 2. The van der Waals surface area contributed by atoms with Crippen LogP contribution in [0.4, 0.5) is 11.4 Å². The minimum absolute atomic E-state index is 0.0708. The Hall–Kier alpha value is -2.94. The molecule has 0 saturated carbocycles. The van der Waals surface area contributed by atoms with Gasteiger partial charge in [0.2, 0.25) is 17.7 Å². The highest BCUT2D eigenvalue weighted by atomic mass is 16.5. The van der Waals surface area contributed by atoms with Crippen LogP contribution < -0.4 is 10.6 Å². The van der Waals surface area contributed by atoms with Crippen LogP contribution in [0.2, 0.25) is 0 Å². The van der Waals surface area contributed by atoms with Crippen LogP contribution in [0.15, 0.2) is 18.2 Å². The molecule has 2 N–H and O–H groups in total. The summed E-state index contributed by atoms with van der Waals surface area (Å²) in [5.74, 6) is -1.15. The van der Waals surface area contributed by atoms with E-state index >= 15 is 0 Å². The lowest BCUT2D eigenvalue weighted by molar-refractivity contribution is -0.135. The first-order valence-corrected chi connectivity index (χ1v) is 8.57. The van der Waals surface area contributed by atoms with Crippen LogP contribution in [-0.4, -0.2) is 73.3 Å². The lowest BCUT2D eigenvalue weighted by atomic mass is 10.1. The zero-order chi connectivity index (χ0) is 20.0. The fraction of sp³-hybridized carbons (Fsp3) is 0.444. The van der Waals surface area contributed by atoms with Gasteiger partial charge in [0, 0.05) is 50.9 Å². The third-order valence-electron chi connectivity index (χ3n) is 3.90. The summed E-state index contributed by atoms with van der Waals surface area (Å²) in [6, 6.07) is 4.56. The SMILES string of the molecule is CC(=O)Nc1cc(NC(C)=O)cc(C(=O)N(C)CC(=O)N2CCOCC2)c1. The van der Waals surface area contributed by atoms with Gasteiger partial charge in [-0.05, 0) is 18.2 Å². The molecule has 1 aromatic carbocycles. The van der Waals surface area contributed by atoms with Crippen LogP contribution in [0.3, 0.4) is 0 Å². The average Bonchev–Trinajstić information content (AvgIpc) is 2.60. The standard InChI is InChI=1S/C18H24N4O5/c1-12(23)19-15-8-14(9-16(10-15)20-13(2)24)18(26)21(3)11-17(25)22-4-6-27-7-5-22/h8-10H,4-7,11H2,1-3H3,(H,19,23)(H,20,24). The number of ether oxygens (including phenoxy) is 1. The summed E-state index contributed by atoms with van der Waals surface area (Å²) in [6.07, 6.45) is 0. The van der Waals surface area contributed by atoms with Crippen molar-refractivity contribution in [2.75, 3.05) is 50.5 Å². The lowest BCUT2D eigenvalue weighted by Gasteiger charge is -2.28. The predicted octanol–water partition coefficient (Wildman–Crippen LogP) is 0.534. The second-order valence-electron chi connectivity index (χ2n) is 6.32. The Morgan fingerprint density at radius 2 is 1.52 bits per heavy atom. The van der Waals surface area contributed by atoms with Crippen molar-refractivity contribution in [3.05, 3.63) is 23.8 Å². The first-order chi connectivity index (χ1) is 12.8. The van der Waals surface area contributed by atoms with Gasteiger partial charge in [-0.2, -0.15) is 0 Å². The highest BCUT2D eigenvalue weighted by Gasteiger charge is 2.22. The van der Waals surface area contributed by atoms with Gasteiger partial charge in [0.1, 0.15) is 0 Å². The number of nitrogens with zero attached hydrogens (tertiary/aromatic N) is 2. The molecule has 4 amide bonds. The Morgan fingerprint density at radius 1 is 1.00 bits per heavy atom. The Labute approximate surface area is 157 Å². The van der Waals surface area contributed by atoms with Crippen LogP contribution >= 0.6 is 0 Å². The molecule has 27 heavy (non-hydrogen) atoms. The number of hydrogen-bond acceptors (Lipinski definition) is 5. The summed E-state index contributed by atoms with van der Waals surface area (Å²) < 4.78 is 5.22. The molecule has 0 unspecified atom stereocenters. The third kappa shape index (κ3) is 6.07. The lowest BCUT2D eigenvalue weighted by Crippen LogP contribution is -2.46. The molecule has 0 aliphatic carbocycles. The number of carbonyl (C=O) groups excluding carboxylic acids is 4. The van der Waals surface area contributed by atoms with E-state index < -0.39 is 5.91 Å². The van der Waals surface area contributed by atoms with Crippen molar-refractivity contribution in [2.24, 2.45) is 0 Å². The van der Waals surface area contributed by atoms with Crippen molar-refractivity contribution in [1.82, 2.24) is 9.80 Å². The van der Waals surface area contributed by atoms with E-state index in [-0.39, 0.29) is 29.8 Å². The van der Waals surface area contributed by atoms with E-state index in [1.54, 1.807) is 11.0 Å². The van der Waals surface area contributed by atoms with Gasteiger partial charge in [0.15, 0.2) is 0 Å². The molecule has 1 aliphatic rings. The van der Waals surface area contributed by atoms with Crippen LogP contribution in [-0.2, 0) is 19.1 Å². The van der Waals surface area contributed by atoms with E-state index in [9.17, 15) is 19.2 Å². The monoisotopic (exact) mass is 376 g/mol. The molecule has 0 radical (unpaired) electrons. The van der Waals surface area contributed by atoms with E-state index in [4.69, 9.17) is 4.74 Å². The molecule has 1 aromatic rings. The maximum Gasteiger partial charge on any atom is 0.254 e. The van der Waals surface area contributed by atoms with Crippen molar-refractivity contribution in [3.63, 3.8) is 0 Å². The summed E-state index contributed by atoms with van der Waals surface area (Å²) in [5.41, 5.74) is 1.01. The molecule has 0 spiro atoms. The van der Waals surface area contributed by atoms with Gasteiger partial charge < -0.3 is 25.2 Å². The predicted molar refractivity (Wildman–Crippen MR) is 99.4 cm³/mol. The summed E-state index contributed by atoms with van der Waals surface area (Å²) >= 11 is 0. The number of anilines is 2. The second kappa shape index (κ2) is 9.13. The molecule has 0 aromatic heterocycles. The molecule has 0 atom stereocenters. The molecule has 0 bridgehead atoms. The van der Waals surface area contributed by atoms with E-state index in [0.717, 1.165) is 0 Å². The first kappa shape index (κ1) is 20.4. The van der Waals surface area contributed by atoms with Crippen LogP contribution in [0.5, 0.6) is 0 Å². The van der Waals surface area contributed by atoms with Crippen molar-refractivity contribution >= 4 is 35.0 Å². The first-order valence-electron chi connectivity index (χ1n) is 8.57. The average molecular weight is 376 g/mol. The zero-order valence-corrected chi connectivity index (χ0v) is 15.7. The van der Waals surface area contributed by atoms with Crippen molar-refractivity contribution in [1.29, 1.82) is 0 Å². The summed E-state index contributed by atoms with van der Waals surface area (Å²) in [5, 5.41) is 5.19. The molecule has 1 fully saturated rings. The number of rotatable bonds is 5. The Bertz CT molecular complexity index is 709. The van der Waals surface area contributed by atoms with Crippen molar-refractivity contribution in [2.45, 2.75) is 13.8 Å². The Morgan fingerprint density at radius 3 is 2.00 bits per heavy atom. The van der Waals surface area contributed by atoms with Gasteiger partial charge in [0.25, 0.3) is 5.91 Å². The van der Waals surface area contributed by atoms with Gasteiger partial charge in [-0.3, -0.25) is 19.2 Å². The fourth-order valence-electron chi connectivity index (χ4n) is 2.71. The fourth-order valence-corrected chi connectivity index (χ4v) is 2.71. The summed E-state index contributed by atoms with van der Waals surface area (Å²) in [7, 11) is 1.53. The number of amides is 4. The van der Waals surface area contributed by atoms with Crippen LogP contribution in [0.25, 0.3) is 0 Å². The molecule has 1 saturated heterocycles. The van der Waals surface area contributed by atoms with Crippen molar-refractivity contribution < 1.29 is 23.9 Å². The van der Waals surface area contributed by atoms with Crippen LogP contribution in [0.1, 0.15) is 24.2 Å². The zero-order valence-electron chi connectivity index (χ0n) is 15.7. The molecular formula is C18H24N4O5. The minimum atomic E-state index is -0.393. The van der Waals surface area contributed by atoms with E-state index in [2.05, 4.69) is 10.6 Å². The number of carbonyl (C=O) groups is 4. The quantitative estimate of drug-likeness (QED) is 0.780. The van der Waals surface area contributed by atoms with E-state index in [0.29, 0.717) is 37.7 Å². The minimum Gasteiger partial charge on any atom is -0.378 e. The van der Waals surface area contributed by atoms with Gasteiger partial charge in [-0.15, -0.1) is 0 Å². The maximum absolute atomic E-state index is 12.7. The Kier molecular flexibility index (Phi) is 6.89. The van der Waals surface area contributed by atoms with Crippen molar-refractivity contribution in [3.8, 4) is 0 Å². The number of morpholine rings is 1. The Balaban J connectivity index is 2.15. The number of hydrogen-bond donors (Lipinski definition) is 2. The van der Waals surface area contributed by atoms with E-state index in [1.165, 1.54) is 37.9 Å². The van der Waals surface area contributed by atoms with E-state index in [1.807, 2.05) is 0 Å². The highest BCUT2D eigenvalue weighted by Crippen LogP contribution is 2.20.